The predicted molar refractivity (Wildman–Crippen MR) is 80.1 cm³/mol. The third kappa shape index (κ3) is 3.12. The number of methoxy groups -OCH3 is 1. The van der Waals surface area contributed by atoms with E-state index >= 15 is 0 Å². The normalized spacial score (nSPS) is 11.1. The minimum Gasteiger partial charge on any atom is -0.495 e. The van der Waals surface area contributed by atoms with Crippen molar-refractivity contribution in [1.29, 1.82) is 0 Å². The van der Waals surface area contributed by atoms with Gasteiger partial charge in [-0.1, -0.05) is 17.7 Å². The average Bonchev–Trinajstić information content (AvgIpc) is 2.92. The molecule has 1 heterocycles. The summed E-state index contributed by atoms with van der Waals surface area (Å²) in [6, 6.07) is 5.70. The van der Waals surface area contributed by atoms with Crippen molar-refractivity contribution in [2.24, 2.45) is 0 Å². The van der Waals surface area contributed by atoms with Crippen molar-refractivity contribution in [2.45, 2.75) is 4.21 Å². The van der Waals surface area contributed by atoms with Crippen LogP contribution >= 0.6 is 22.9 Å². The topological polar surface area (TPSA) is 92.7 Å². The summed E-state index contributed by atoms with van der Waals surface area (Å²) in [4.78, 5) is 11.3. The van der Waals surface area contributed by atoms with E-state index in [-0.39, 0.29) is 26.2 Å². The van der Waals surface area contributed by atoms with Crippen LogP contribution in [0.4, 0.5) is 5.69 Å². The van der Waals surface area contributed by atoms with Crippen molar-refractivity contribution < 1.29 is 23.1 Å². The van der Waals surface area contributed by atoms with E-state index in [1.54, 1.807) is 11.4 Å². The summed E-state index contributed by atoms with van der Waals surface area (Å²) in [6.45, 7) is 0. The van der Waals surface area contributed by atoms with Gasteiger partial charge in [0.2, 0.25) is 0 Å². The molecule has 0 aliphatic carbocycles. The largest absolute Gasteiger partial charge is 0.495 e. The molecule has 0 spiro atoms. The first-order valence-corrected chi connectivity index (χ1v) is 8.27. The number of aromatic carboxylic acids is 1. The van der Waals surface area contributed by atoms with Crippen LogP contribution in [0.3, 0.4) is 0 Å². The van der Waals surface area contributed by atoms with Crippen molar-refractivity contribution in [2.75, 3.05) is 11.8 Å². The fourth-order valence-corrected chi connectivity index (χ4v) is 3.95. The van der Waals surface area contributed by atoms with E-state index in [1.807, 2.05) is 0 Å². The van der Waals surface area contributed by atoms with Gasteiger partial charge in [-0.05, 0) is 23.6 Å². The van der Waals surface area contributed by atoms with Crippen molar-refractivity contribution in [3.63, 3.8) is 0 Å². The smallest absolute Gasteiger partial charge is 0.339 e. The zero-order valence-corrected chi connectivity index (χ0v) is 13.1. The van der Waals surface area contributed by atoms with Crippen LogP contribution in [-0.4, -0.2) is 26.6 Å². The van der Waals surface area contributed by atoms with Crippen LogP contribution in [0.15, 0.2) is 33.9 Å². The summed E-state index contributed by atoms with van der Waals surface area (Å²) in [5.41, 5.74) is -0.568. The van der Waals surface area contributed by atoms with Gasteiger partial charge in [-0.25, -0.2) is 13.2 Å². The molecule has 0 saturated carbocycles. The first-order chi connectivity index (χ1) is 9.86. The molecule has 112 valence electrons. The molecule has 6 nitrogen and oxygen atoms in total. The lowest BCUT2D eigenvalue weighted by Crippen LogP contribution is -2.15. The Morgan fingerprint density at radius 3 is 2.62 bits per heavy atom. The lowest BCUT2D eigenvalue weighted by molar-refractivity contribution is 0.0698. The number of hydrogen-bond acceptors (Lipinski definition) is 5. The lowest BCUT2D eigenvalue weighted by atomic mass is 10.1. The third-order valence-electron chi connectivity index (χ3n) is 2.55. The van der Waals surface area contributed by atoms with Crippen molar-refractivity contribution in [3.05, 3.63) is 40.2 Å². The summed E-state index contributed by atoms with van der Waals surface area (Å²) in [6.07, 6.45) is 0. The third-order valence-corrected chi connectivity index (χ3v) is 5.61. The van der Waals surface area contributed by atoms with Crippen molar-refractivity contribution >= 4 is 44.6 Å². The summed E-state index contributed by atoms with van der Waals surface area (Å²) >= 11 is 6.85. The van der Waals surface area contributed by atoms with Gasteiger partial charge in [-0.2, -0.15) is 0 Å². The van der Waals surface area contributed by atoms with E-state index in [2.05, 4.69) is 4.72 Å². The van der Waals surface area contributed by atoms with Gasteiger partial charge < -0.3 is 9.84 Å². The lowest BCUT2D eigenvalue weighted by Gasteiger charge is -2.14. The van der Waals surface area contributed by atoms with E-state index in [4.69, 9.17) is 16.3 Å². The quantitative estimate of drug-likeness (QED) is 0.867. The Balaban J connectivity index is 2.58. The monoisotopic (exact) mass is 347 g/mol. The van der Waals surface area contributed by atoms with Gasteiger partial charge in [0.15, 0.2) is 0 Å². The number of rotatable bonds is 5. The highest BCUT2D eigenvalue weighted by Crippen LogP contribution is 2.35. The molecule has 0 radical (unpaired) electrons. The molecular weight excluding hydrogens is 338 g/mol. The number of ether oxygens (including phenoxy) is 1. The maximum atomic E-state index is 12.2. The van der Waals surface area contributed by atoms with Crippen LogP contribution in [0.5, 0.6) is 5.75 Å². The molecule has 1 aromatic carbocycles. The van der Waals surface area contributed by atoms with E-state index in [9.17, 15) is 18.3 Å². The number of hydrogen-bond donors (Lipinski definition) is 2. The number of nitrogens with one attached hydrogen (secondary N) is 1. The fourth-order valence-electron chi connectivity index (χ4n) is 1.64. The van der Waals surface area contributed by atoms with E-state index in [0.717, 1.165) is 11.3 Å². The first kappa shape index (κ1) is 15.6. The highest BCUT2D eigenvalue weighted by atomic mass is 35.5. The summed E-state index contributed by atoms with van der Waals surface area (Å²) in [5.74, 6) is -1.29. The molecule has 0 saturated heterocycles. The van der Waals surface area contributed by atoms with Crippen LogP contribution in [0.2, 0.25) is 5.02 Å². The van der Waals surface area contributed by atoms with Gasteiger partial charge in [-0.15, -0.1) is 11.3 Å². The molecule has 9 heteroatoms. The second-order valence-corrected chi connectivity index (χ2v) is 7.11. The second kappa shape index (κ2) is 5.92. The Morgan fingerprint density at radius 1 is 1.38 bits per heavy atom. The molecule has 2 rings (SSSR count). The molecule has 2 N–H and O–H groups in total. The number of sulfonamides is 1. The Kier molecular flexibility index (Phi) is 4.40. The molecule has 1 aromatic heterocycles. The number of thiophene rings is 1. The minimum absolute atomic E-state index is 0.0564. The molecule has 21 heavy (non-hydrogen) atoms. The highest BCUT2D eigenvalue weighted by molar-refractivity contribution is 7.94. The number of halogens is 1. The minimum atomic E-state index is -3.91. The van der Waals surface area contributed by atoms with Crippen LogP contribution in [0.1, 0.15) is 10.4 Å². The van der Waals surface area contributed by atoms with Gasteiger partial charge >= 0.3 is 5.97 Å². The Hall–Kier alpha value is -1.77. The maximum Gasteiger partial charge on any atom is 0.339 e. The number of carbonyl (C=O) groups is 1. The van der Waals surface area contributed by atoms with E-state index in [1.165, 1.54) is 25.3 Å². The van der Waals surface area contributed by atoms with Crippen LogP contribution in [0.25, 0.3) is 0 Å². The number of anilines is 1. The van der Waals surface area contributed by atoms with Gasteiger partial charge in [0.25, 0.3) is 10.0 Å². The molecule has 0 amide bonds. The molecule has 0 fully saturated rings. The molecular formula is C12H10ClNO5S2. The zero-order valence-electron chi connectivity index (χ0n) is 10.7. The van der Waals surface area contributed by atoms with Crippen LogP contribution in [0, 0.1) is 0 Å². The summed E-state index contributed by atoms with van der Waals surface area (Å²) in [5, 5.41) is 10.7. The summed E-state index contributed by atoms with van der Waals surface area (Å²) in [7, 11) is -2.61. The van der Waals surface area contributed by atoms with Gasteiger partial charge in [-0.3, -0.25) is 4.72 Å². The van der Waals surface area contributed by atoms with Gasteiger partial charge in [0.05, 0.1) is 12.1 Å². The maximum absolute atomic E-state index is 12.2. The van der Waals surface area contributed by atoms with Crippen molar-refractivity contribution in [3.8, 4) is 5.75 Å². The second-order valence-electron chi connectivity index (χ2n) is 3.84. The SMILES string of the molecule is COc1ccc(Cl)c(C(=O)O)c1NS(=O)(=O)c1cccs1. The molecule has 0 aliphatic rings. The van der Waals surface area contributed by atoms with Gasteiger partial charge in [0.1, 0.15) is 21.2 Å². The first-order valence-electron chi connectivity index (χ1n) is 5.53. The molecule has 0 unspecified atom stereocenters. The highest BCUT2D eigenvalue weighted by Gasteiger charge is 2.24. The van der Waals surface area contributed by atoms with Crippen molar-refractivity contribution in [1.82, 2.24) is 0 Å². The predicted octanol–water partition coefficient (Wildman–Crippen LogP) is 2.91. The van der Waals surface area contributed by atoms with Gasteiger partial charge in [0, 0.05) is 0 Å². The Morgan fingerprint density at radius 2 is 2.10 bits per heavy atom. The van der Waals surface area contributed by atoms with Crippen LogP contribution in [-0.2, 0) is 10.0 Å². The number of carboxylic acid groups (broad SMARTS) is 1. The molecule has 2 aromatic rings. The molecule has 0 aliphatic heterocycles. The Bertz CT molecular complexity index is 771. The average molecular weight is 348 g/mol. The van der Waals surface area contributed by atoms with E-state index < -0.39 is 16.0 Å². The zero-order chi connectivity index (χ0) is 15.6. The standard InChI is InChI=1S/C12H10ClNO5S2/c1-19-8-5-4-7(13)10(12(15)16)11(8)14-21(17,18)9-3-2-6-20-9/h2-6,14H,1H3,(H,15,16). The van der Waals surface area contributed by atoms with Crippen LogP contribution < -0.4 is 9.46 Å². The molecule has 0 bridgehead atoms. The fraction of sp³-hybridized carbons (Fsp3) is 0.0833. The molecule has 0 atom stereocenters. The number of benzene rings is 1. The number of carboxylic acids is 1. The van der Waals surface area contributed by atoms with E-state index in [0.29, 0.717) is 0 Å². The Labute approximate surface area is 130 Å². The summed E-state index contributed by atoms with van der Waals surface area (Å²) < 4.78 is 31.7.